The highest BCUT2D eigenvalue weighted by Crippen LogP contribution is 2.43. The Morgan fingerprint density at radius 2 is 1.90 bits per heavy atom. The van der Waals surface area contributed by atoms with Gasteiger partial charge in [0.15, 0.2) is 23.4 Å². The number of halogens is 2. The molecule has 0 saturated heterocycles. The molecule has 1 atom stereocenters. The van der Waals surface area contributed by atoms with Crippen LogP contribution in [0.5, 0.6) is 17.2 Å². The average molecular weight is 685 g/mol. The summed E-state index contributed by atoms with van der Waals surface area (Å²) in [5.41, 5.74) is 1.18. The van der Waals surface area contributed by atoms with E-state index in [9.17, 15) is 14.7 Å². The molecule has 0 saturated carbocycles. The Morgan fingerprint density at radius 3 is 2.63 bits per heavy atom. The molecule has 210 valence electrons. The minimum atomic E-state index is -1.12. The smallest absolute Gasteiger partial charge is 0.344 e. The van der Waals surface area contributed by atoms with Crippen molar-refractivity contribution in [1.29, 1.82) is 0 Å². The maximum Gasteiger partial charge on any atom is 0.344 e. The van der Waals surface area contributed by atoms with Gasteiger partial charge < -0.3 is 23.7 Å². The zero-order chi connectivity index (χ0) is 29.3. The fourth-order valence-corrected chi connectivity index (χ4v) is 5.05. The lowest BCUT2D eigenvalue weighted by molar-refractivity contribution is -0.144. The van der Waals surface area contributed by atoms with Crippen LogP contribution in [-0.2, 0) is 4.79 Å². The van der Waals surface area contributed by atoms with Crippen molar-refractivity contribution in [3.63, 3.8) is 0 Å². The Kier molecular flexibility index (Phi) is 8.13. The number of aliphatic carboxylic acids is 1. The largest absolute Gasteiger partial charge is 0.496 e. The molecule has 0 aliphatic carbocycles. The molecule has 1 N–H and O–H groups in total. The fourth-order valence-electron chi connectivity index (χ4n) is 4.13. The molecule has 0 aliphatic heterocycles. The highest BCUT2D eigenvalue weighted by atomic mass is 79.9. The van der Waals surface area contributed by atoms with Crippen molar-refractivity contribution in [1.82, 2.24) is 9.66 Å². The van der Waals surface area contributed by atoms with Crippen LogP contribution in [0.2, 0.25) is 0 Å². The average Bonchev–Trinajstić information content (AvgIpc) is 3.41. The van der Waals surface area contributed by atoms with Gasteiger partial charge in [-0.25, -0.2) is 9.78 Å². The quantitative estimate of drug-likeness (QED) is 0.175. The van der Waals surface area contributed by atoms with Crippen molar-refractivity contribution < 1.29 is 28.5 Å². The van der Waals surface area contributed by atoms with Gasteiger partial charge >= 0.3 is 5.97 Å². The predicted octanol–water partition coefficient (Wildman–Crippen LogP) is 6.48. The Morgan fingerprint density at radius 1 is 1.12 bits per heavy atom. The minimum absolute atomic E-state index is 0.193. The summed E-state index contributed by atoms with van der Waals surface area (Å²) in [4.78, 5) is 29.8. The van der Waals surface area contributed by atoms with Gasteiger partial charge in [-0.1, -0.05) is 18.2 Å². The lowest BCUT2D eigenvalue weighted by Crippen LogP contribution is -2.23. The van der Waals surface area contributed by atoms with Crippen LogP contribution in [0.25, 0.3) is 33.5 Å². The number of para-hydroxylation sites is 1. The van der Waals surface area contributed by atoms with Gasteiger partial charge in [-0.15, -0.1) is 0 Å². The molecule has 0 fully saturated rings. The number of carbonyl (C=O) groups is 1. The molecule has 0 bridgehead atoms. The zero-order valence-electron chi connectivity index (χ0n) is 22.1. The number of furan rings is 1. The van der Waals surface area contributed by atoms with Crippen molar-refractivity contribution in [2.45, 2.75) is 20.0 Å². The molecule has 41 heavy (non-hydrogen) atoms. The summed E-state index contributed by atoms with van der Waals surface area (Å²) in [7, 11) is 1.57. The molecular formula is C29H23Br2N3O7. The van der Waals surface area contributed by atoms with Crippen molar-refractivity contribution in [3.05, 3.63) is 79.5 Å². The summed E-state index contributed by atoms with van der Waals surface area (Å²) in [5.74, 6) is 0.523. The standard InChI is InChI=1S/C29H23Br2N3O7/c1-4-39-22-12-16(24(30)25(31)26(22)40-15(2)29(36)37)14-32-34-27(33-19-9-6-5-8-17(19)28(34)35)23-13-18-20(38-3)10-7-11-21(18)41-23/h5-15H,4H2,1-3H3,(H,36,37)/t15-/m1/s1. The van der Waals surface area contributed by atoms with Crippen molar-refractivity contribution >= 4 is 65.9 Å². The molecule has 0 amide bonds. The molecule has 0 unspecified atom stereocenters. The first-order chi connectivity index (χ1) is 19.7. The molecule has 0 radical (unpaired) electrons. The predicted molar refractivity (Wildman–Crippen MR) is 161 cm³/mol. The van der Waals surface area contributed by atoms with Crippen molar-refractivity contribution in [3.8, 4) is 28.8 Å². The van der Waals surface area contributed by atoms with E-state index < -0.39 is 17.6 Å². The van der Waals surface area contributed by atoms with Crippen LogP contribution >= 0.6 is 31.9 Å². The van der Waals surface area contributed by atoms with Crippen LogP contribution in [0.1, 0.15) is 19.4 Å². The van der Waals surface area contributed by atoms with Crippen molar-refractivity contribution in [2.24, 2.45) is 5.10 Å². The normalized spacial score (nSPS) is 12.2. The van der Waals surface area contributed by atoms with E-state index in [-0.39, 0.29) is 11.6 Å². The minimum Gasteiger partial charge on any atom is -0.496 e. The Hall–Kier alpha value is -4.16. The zero-order valence-corrected chi connectivity index (χ0v) is 25.2. The summed E-state index contributed by atoms with van der Waals surface area (Å²) < 4.78 is 25.0. The number of hydrogen-bond acceptors (Lipinski definition) is 8. The maximum atomic E-state index is 13.7. The third-order valence-corrected chi connectivity index (χ3v) is 8.27. The molecule has 0 aliphatic rings. The summed E-state index contributed by atoms with van der Waals surface area (Å²) in [6, 6.07) is 15.8. The second-order valence-corrected chi connectivity index (χ2v) is 10.3. The van der Waals surface area contributed by atoms with Gasteiger partial charge in [-0.2, -0.15) is 9.78 Å². The molecule has 12 heteroatoms. The highest BCUT2D eigenvalue weighted by molar-refractivity contribution is 9.13. The van der Waals surface area contributed by atoms with Gasteiger partial charge in [0, 0.05) is 10.0 Å². The van der Waals surface area contributed by atoms with Crippen LogP contribution in [0.3, 0.4) is 0 Å². The summed E-state index contributed by atoms with van der Waals surface area (Å²) >= 11 is 6.99. The molecule has 3 aromatic carbocycles. The van der Waals surface area contributed by atoms with E-state index in [2.05, 4.69) is 37.0 Å². The van der Waals surface area contributed by atoms with Crippen LogP contribution in [-0.4, -0.2) is 46.8 Å². The van der Waals surface area contributed by atoms with Crippen LogP contribution in [0, 0.1) is 0 Å². The van der Waals surface area contributed by atoms with Crippen LogP contribution in [0.4, 0.5) is 0 Å². The number of ether oxygens (including phenoxy) is 3. The Labute approximate surface area is 250 Å². The number of aromatic nitrogens is 2. The molecule has 10 nitrogen and oxygen atoms in total. The Bertz CT molecular complexity index is 1880. The third-order valence-electron chi connectivity index (χ3n) is 6.13. The lowest BCUT2D eigenvalue weighted by atomic mass is 10.2. The summed E-state index contributed by atoms with van der Waals surface area (Å²) in [5, 5.41) is 14.9. The first-order valence-corrected chi connectivity index (χ1v) is 14.0. The first kappa shape index (κ1) is 28.4. The molecule has 5 aromatic rings. The second-order valence-electron chi connectivity index (χ2n) is 8.75. The maximum absolute atomic E-state index is 13.7. The van der Waals surface area contributed by atoms with Gasteiger partial charge in [0.1, 0.15) is 11.3 Å². The summed E-state index contributed by atoms with van der Waals surface area (Å²) in [6.45, 7) is 3.52. The van der Waals surface area contributed by atoms with E-state index in [1.54, 1.807) is 56.5 Å². The lowest BCUT2D eigenvalue weighted by Gasteiger charge is -2.18. The van der Waals surface area contributed by atoms with Crippen LogP contribution < -0.4 is 19.8 Å². The van der Waals surface area contributed by atoms with E-state index >= 15 is 0 Å². The number of rotatable bonds is 9. The highest BCUT2D eigenvalue weighted by Gasteiger charge is 2.23. The Balaban J connectivity index is 1.68. The SMILES string of the molecule is CCOc1cc(C=Nn2c(-c3cc4c(OC)cccc4o3)nc3ccccc3c2=O)c(Br)c(Br)c1O[C@H](C)C(=O)O. The van der Waals surface area contributed by atoms with E-state index in [1.807, 2.05) is 12.1 Å². The monoisotopic (exact) mass is 683 g/mol. The molecule has 2 aromatic heterocycles. The number of fused-ring (bicyclic) bond motifs is 2. The number of carboxylic acids is 1. The van der Waals surface area contributed by atoms with Gasteiger partial charge in [-0.05, 0) is 82.1 Å². The molecule has 0 spiro atoms. The van der Waals surface area contributed by atoms with E-state index in [4.69, 9.17) is 23.6 Å². The van der Waals surface area contributed by atoms with Gasteiger partial charge in [0.2, 0.25) is 5.82 Å². The number of nitrogens with zero attached hydrogens (tertiary/aromatic N) is 3. The fraction of sp³-hybridized carbons (Fsp3) is 0.172. The van der Waals surface area contributed by atoms with Gasteiger partial charge in [-0.3, -0.25) is 4.79 Å². The summed E-state index contributed by atoms with van der Waals surface area (Å²) in [6.07, 6.45) is 0.343. The number of carboxylic acid groups (broad SMARTS) is 1. The first-order valence-electron chi connectivity index (χ1n) is 12.4. The third kappa shape index (κ3) is 5.44. The van der Waals surface area contributed by atoms with Crippen LogP contribution in [0.15, 0.2) is 77.9 Å². The molecule has 5 rings (SSSR count). The second kappa shape index (κ2) is 11.8. The molecular weight excluding hydrogens is 662 g/mol. The molecule has 2 heterocycles. The van der Waals surface area contributed by atoms with Gasteiger partial charge in [0.05, 0.1) is 40.7 Å². The van der Waals surface area contributed by atoms with E-state index in [0.29, 0.717) is 54.9 Å². The number of hydrogen-bond donors (Lipinski definition) is 1. The van der Waals surface area contributed by atoms with E-state index in [1.165, 1.54) is 17.8 Å². The van der Waals surface area contributed by atoms with E-state index in [0.717, 1.165) is 5.39 Å². The topological polar surface area (TPSA) is 125 Å². The number of methoxy groups -OCH3 is 1. The number of benzene rings is 3. The van der Waals surface area contributed by atoms with Crippen molar-refractivity contribution in [2.75, 3.05) is 13.7 Å². The van der Waals surface area contributed by atoms with Gasteiger partial charge in [0.25, 0.3) is 5.56 Å².